The van der Waals surface area contributed by atoms with Gasteiger partial charge in [0, 0.05) is 6.42 Å². The zero-order chi connectivity index (χ0) is 16.8. The summed E-state index contributed by atoms with van der Waals surface area (Å²) in [6.07, 6.45) is 9.97. The van der Waals surface area contributed by atoms with Crippen LogP contribution in [-0.4, -0.2) is 7.11 Å². The van der Waals surface area contributed by atoms with E-state index in [1.54, 1.807) is 18.4 Å². The van der Waals surface area contributed by atoms with Crippen LogP contribution in [0.4, 0.5) is 0 Å². The molecule has 0 aliphatic heterocycles. The molecular formula is C19H32OS. The minimum absolute atomic E-state index is 0.896. The minimum Gasteiger partial charge on any atom is -0.487 e. The predicted octanol–water partition coefficient (Wildman–Crippen LogP) is 6.73. The first-order valence-electron chi connectivity index (χ1n) is 7.72. The van der Waals surface area contributed by atoms with Gasteiger partial charge in [-0.1, -0.05) is 78.0 Å². The van der Waals surface area contributed by atoms with Gasteiger partial charge in [-0.3, -0.25) is 0 Å². The van der Waals surface area contributed by atoms with Crippen LogP contribution in [-0.2, 0) is 0 Å². The molecule has 0 radical (unpaired) electrons. The highest BCUT2D eigenvalue weighted by Crippen LogP contribution is 2.16. The summed E-state index contributed by atoms with van der Waals surface area (Å²) < 4.78 is 4.87. The molecule has 1 aliphatic carbocycles. The highest BCUT2D eigenvalue weighted by atomic mass is 32.1. The van der Waals surface area contributed by atoms with Crippen molar-refractivity contribution in [1.29, 1.82) is 0 Å². The van der Waals surface area contributed by atoms with E-state index in [0.717, 1.165) is 11.5 Å². The number of methoxy groups -OCH3 is 1. The lowest BCUT2D eigenvalue weighted by atomic mass is 10.4. The summed E-state index contributed by atoms with van der Waals surface area (Å²) >= 11 is 1.60. The van der Waals surface area contributed by atoms with Crippen LogP contribution in [0.25, 0.3) is 0 Å². The van der Waals surface area contributed by atoms with Gasteiger partial charge in [0.25, 0.3) is 0 Å². The Bertz CT molecular complexity index is 364. The van der Waals surface area contributed by atoms with Gasteiger partial charge in [0.15, 0.2) is 5.06 Å². The van der Waals surface area contributed by atoms with Crippen LogP contribution in [0.3, 0.4) is 0 Å². The van der Waals surface area contributed by atoms with Crippen molar-refractivity contribution in [1.82, 2.24) is 0 Å². The maximum Gasteiger partial charge on any atom is 0.173 e. The Balaban J connectivity index is -0.000000219. The Morgan fingerprint density at radius 1 is 1.14 bits per heavy atom. The van der Waals surface area contributed by atoms with Gasteiger partial charge >= 0.3 is 0 Å². The van der Waals surface area contributed by atoms with Gasteiger partial charge in [0.1, 0.15) is 0 Å². The van der Waals surface area contributed by atoms with Crippen molar-refractivity contribution in [2.75, 3.05) is 7.11 Å². The molecule has 1 aromatic rings. The van der Waals surface area contributed by atoms with Crippen LogP contribution in [0.1, 0.15) is 54.4 Å². The molecule has 0 unspecified atom stereocenters. The molecule has 0 saturated heterocycles. The van der Waals surface area contributed by atoms with E-state index in [2.05, 4.69) is 25.7 Å². The molecular weight excluding hydrogens is 276 g/mol. The fourth-order valence-electron chi connectivity index (χ4n) is 0.807. The van der Waals surface area contributed by atoms with E-state index in [1.807, 2.05) is 69.5 Å². The third kappa shape index (κ3) is 24.0. The summed E-state index contributed by atoms with van der Waals surface area (Å²) in [6.45, 7) is 12.2. The largest absolute Gasteiger partial charge is 0.487 e. The molecule has 0 N–H and O–H groups in total. The van der Waals surface area contributed by atoms with Crippen molar-refractivity contribution in [3.8, 4) is 16.9 Å². The fourth-order valence-corrected chi connectivity index (χ4v) is 1.35. The minimum atomic E-state index is 0.896. The quantitative estimate of drug-likeness (QED) is 0.522. The number of ether oxygens (including phenoxy) is 1. The van der Waals surface area contributed by atoms with Gasteiger partial charge in [-0.25, -0.2) is 0 Å². The molecule has 0 bridgehead atoms. The smallest absolute Gasteiger partial charge is 0.173 e. The van der Waals surface area contributed by atoms with Crippen molar-refractivity contribution in [3.63, 3.8) is 0 Å². The molecule has 1 aromatic heterocycles. The lowest BCUT2D eigenvalue weighted by Crippen LogP contribution is -1.72. The molecule has 1 nitrogen and oxygen atoms in total. The Hall–Kier alpha value is -1.46. The van der Waals surface area contributed by atoms with Crippen LogP contribution in [0.15, 0.2) is 41.8 Å². The Kier molecular flexibility index (Phi) is 31.5. The molecule has 0 aromatic carbocycles. The molecule has 1 aliphatic rings. The third-order valence-corrected chi connectivity index (χ3v) is 2.27. The molecule has 21 heavy (non-hydrogen) atoms. The standard InChI is InChI=1S/C7H6.C5H6OS.C3H8.2C2H6/c1-2-4-6-7-5-3-1;1-6-5-3-2-4-7-5;1-3-2;2*1-2/h1-4H,5H2;2-4H,1H3;3H2,1-2H3;2*1-2H3. The molecule has 120 valence electrons. The number of thiophene rings is 1. The summed E-state index contributed by atoms with van der Waals surface area (Å²) in [4.78, 5) is 0. The average molecular weight is 309 g/mol. The molecule has 1 heterocycles. The first-order chi connectivity index (χ1) is 10.3. The molecule has 2 heteroatoms. The van der Waals surface area contributed by atoms with E-state index < -0.39 is 0 Å². The zero-order valence-corrected chi connectivity index (χ0v) is 15.6. The number of hydrogen-bond donors (Lipinski definition) is 0. The number of allylic oxidation sites excluding steroid dienone is 4. The van der Waals surface area contributed by atoms with E-state index in [9.17, 15) is 0 Å². The van der Waals surface area contributed by atoms with Gasteiger partial charge < -0.3 is 4.74 Å². The van der Waals surface area contributed by atoms with Gasteiger partial charge in [-0.2, -0.15) is 0 Å². The summed E-state index contributed by atoms with van der Waals surface area (Å²) in [5.41, 5.74) is 0. The molecule has 0 atom stereocenters. The van der Waals surface area contributed by atoms with Gasteiger partial charge in [-0.05, 0) is 23.6 Å². The fraction of sp³-hybridized carbons (Fsp3) is 0.474. The predicted molar refractivity (Wildman–Crippen MR) is 100 cm³/mol. The second kappa shape index (κ2) is 27.0. The molecule has 0 fully saturated rings. The lowest BCUT2D eigenvalue weighted by molar-refractivity contribution is 0.427. The summed E-state index contributed by atoms with van der Waals surface area (Å²) in [5.74, 6) is 5.78. The maximum absolute atomic E-state index is 4.87. The Morgan fingerprint density at radius 3 is 2.19 bits per heavy atom. The van der Waals surface area contributed by atoms with Gasteiger partial charge in [0.2, 0.25) is 0 Å². The molecule has 0 saturated carbocycles. The second-order valence-corrected chi connectivity index (χ2v) is 4.07. The SMILES string of the molecule is C1#CCC=CC=C1.CC.CC.CCC.COc1cccs1. The first-order valence-corrected chi connectivity index (χ1v) is 8.60. The highest BCUT2D eigenvalue weighted by molar-refractivity contribution is 7.11. The normalized spacial score (nSPS) is 9.29. The Morgan fingerprint density at radius 2 is 1.76 bits per heavy atom. The van der Waals surface area contributed by atoms with Gasteiger partial charge in [-0.15, -0.1) is 11.3 Å². The van der Waals surface area contributed by atoms with E-state index >= 15 is 0 Å². The number of hydrogen-bond acceptors (Lipinski definition) is 2. The number of rotatable bonds is 1. The Labute approximate surface area is 136 Å². The van der Waals surface area contributed by atoms with Crippen LogP contribution < -0.4 is 4.74 Å². The summed E-state index contributed by atoms with van der Waals surface area (Å²) in [7, 11) is 1.67. The van der Waals surface area contributed by atoms with E-state index in [0.29, 0.717) is 0 Å². The third-order valence-electron chi connectivity index (χ3n) is 1.44. The first kappa shape index (κ1) is 24.6. The van der Waals surface area contributed by atoms with Crippen LogP contribution >= 0.6 is 11.3 Å². The lowest BCUT2D eigenvalue weighted by Gasteiger charge is -1.86. The van der Waals surface area contributed by atoms with E-state index in [1.165, 1.54) is 6.42 Å². The van der Waals surface area contributed by atoms with Crippen LogP contribution in [0, 0.1) is 11.8 Å². The maximum atomic E-state index is 4.87. The van der Waals surface area contributed by atoms with Crippen LogP contribution in [0.2, 0.25) is 0 Å². The molecule has 2 rings (SSSR count). The zero-order valence-electron chi connectivity index (χ0n) is 14.8. The monoisotopic (exact) mass is 308 g/mol. The summed E-state index contributed by atoms with van der Waals surface area (Å²) in [6, 6.07) is 3.90. The molecule has 0 spiro atoms. The van der Waals surface area contributed by atoms with Crippen molar-refractivity contribution >= 4 is 11.3 Å². The van der Waals surface area contributed by atoms with Crippen molar-refractivity contribution < 1.29 is 4.74 Å². The second-order valence-electron chi connectivity index (χ2n) is 3.16. The van der Waals surface area contributed by atoms with Gasteiger partial charge in [0.05, 0.1) is 7.11 Å². The summed E-state index contributed by atoms with van der Waals surface area (Å²) in [5, 5.41) is 2.96. The van der Waals surface area contributed by atoms with E-state index in [4.69, 9.17) is 4.74 Å². The molecule has 0 amide bonds. The van der Waals surface area contributed by atoms with Crippen molar-refractivity contribution in [2.24, 2.45) is 0 Å². The van der Waals surface area contributed by atoms with E-state index in [-0.39, 0.29) is 0 Å². The van der Waals surface area contributed by atoms with Crippen molar-refractivity contribution in [3.05, 3.63) is 41.8 Å². The van der Waals surface area contributed by atoms with Crippen LogP contribution in [0.5, 0.6) is 5.06 Å². The van der Waals surface area contributed by atoms with Crippen molar-refractivity contribution in [2.45, 2.75) is 54.4 Å². The average Bonchev–Trinajstić information content (AvgIpc) is 2.91. The topological polar surface area (TPSA) is 9.23 Å². The highest BCUT2D eigenvalue weighted by Gasteiger charge is 1.83.